The number of nitrogens with zero attached hydrogens (tertiary/aromatic N) is 1. The van der Waals surface area contributed by atoms with Crippen LogP contribution in [0.4, 0.5) is 0 Å². The van der Waals surface area contributed by atoms with Gasteiger partial charge in [0.15, 0.2) is 0 Å². The monoisotopic (exact) mass is 435 g/mol. The topological polar surface area (TPSA) is 66.5 Å². The van der Waals surface area contributed by atoms with Crippen LogP contribution in [0.15, 0.2) is 11.9 Å². The first-order valence-corrected chi connectivity index (χ1v) is 12.6. The third kappa shape index (κ3) is 8.16. The molecule has 10 heteroatoms. The number of hydrogen-bond donors (Lipinski definition) is 0. The highest BCUT2D eigenvalue weighted by Gasteiger charge is 2.35. The first kappa shape index (κ1) is 26.3. The first-order valence-electron chi connectivity index (χ1n) is 9.87. The van der Waals surface area contributed by atoms with Crippen molar-refractivity contribution < 1.29 is 27.4 Å². The lowest BCUT2D eigenvalue weighted by Gasteiger charge is -2.40. The largest absolute Gasteiger partial charge is 0.378 e. The summed E-state index contributed by atoms with van der Waals surface area (Å²) in [7, 11) is 4.11. The zero-order valence-electron chi connectivity index (χ0n) is 18.2. The van der Waals surface area contributed by atoms with Gasteiger partial charge in [-0.1, -0.05) is 6.92 Å². The van der Waals surface area contributed by atoms with Gasteiger partial charge in [-0.15, -0.1) is 0 Å². The summed E-state index contributed by atoms with van der Waals surface area (Å²) in [6, 6.07) is 0.143. The highest BCUT2D eigenvalue weighted by molar-refractivity contribution is 7.57. The number of rotatable bonds is 12. The molecule has 1 saturated heterocycles. The fourth-order valence-electron chi connectivity index (χ4n) is 2.93. The molecule has 7 nitrogen and oxygen atoms in total. The summed E-state index contributed by atoms with van der Waals surface area (Å²) in [5.41, 5.74) is 0. The summed E-state index contributed by atoms with van der Waals surface area (Å²) in [5, 5.41) is 0. The maximum Gasteiger partial charge on any atom is 0.353 e. The molecule has 0 aromatic heterocycles. The summed E-state index contributed by atoms with van der Waals surface area (Å²) < 4.78 is 42.9. The van der Waals surface area contributed by atoms with Crippen LogP contribution in [0.25, 0.3) is 0 Å². The molecule has 1 aliphatic rings. The van der Waals surface area contributed by atoms with Crippen molar-refractivity contribution in [3.05, 3.63) is 11.9 Å². The molecule has 1 fully saturated rings. The molecule has 0 aliphatic carbocycles. The van der Waals surface area contributed by atoms with Gasteiger partial charge in [-0.25, -0.2) is 4.67 Å². The Hall–Kier alpha value is 0.225. The molecule has 1 rings (SSSR count). The van der Waals surface area contributed by atoms with E-state index in [9.17, 15) is 4.57 Å². The second-order valence-electron chi connectivity index (χ2n) is 7.25. The predicted octanol–water partition coefficient (Wildman–Crippen LogP) is 4.82. The minimum Gasteiger partial charge on any atom is -0.378 e. The zero-order valence-corrected chi connectivity index (χ0v) is 20.0. The summed E-state index contributed by atoms with van der Waals surface area (Å²) >= 11 is 0. The minimum atomic E-state index is -3.29. The van der Waals surface area contributed by atoms with Crippen LogP contribution in [-0.2, 0) is 27.4 Å². The smallest absolute Gasteiger partial charge is 0.353 e. The standard InChI is InChI=1S/C18H36BNO6P2/c1-8-12-24-27(20(14(2)3)15(4)5)26-17-9-10-18(19)25-16(17)11-13-28(21,22-6)23-7/h11,13-18H,8-10,12H2,1-7H3/b13-11+/t16-,17?,18-,27?/m1/s1. The van der Waals surface area contributed by atoms with Crippen molar-refractivity contribution in [2.45, 2.75) is 84.2 Å². The van der Waals surface area contributed by atoms with Crippen molar-refractivity contribution in [2.75, 3.05) is 20.8 Å². The Balaban J connectivity index is 3.01. The van der Waals surface area contributed by atoms with Crippen molar-refractivity contribution in [2.24, 2.45) is 0 Å². The Morgan fingerprint density at radius 3 is 2.32 bits per heavy atom. The average Bonchev–Trinajstić information content (AvgIpc) is 2.65. The molecule has 0 bridgehead atoms. The van der Waals surface area contributed by atoms with E-state index in [2.05, 4.69) is 39.3 Å². The van der Waals surface area contributed by atoms with E-state index in [0.717, 1.165) is 12.8 Å². The first-order chi connectivity index (χ1) is 13.2. The molecule has 0 N–H and O–H groups in total. The normalized spacial score (nSPS) is 25.3. The SMILES string of the molecule is [B][C@H]1CCC(OP(OCCC)N(C(C)C)C(C)C)[C@@H](/C=C/P(=O)(OC)OC)O1. The molecule has 1 heterocycles. The van der Waals surface area contributed by atoms with E-state index in [1.54, 1.807) is 6.08 Å². The van der Waals surface area contributed by atoms with Crippen molar-refractivity contribution in [1.82, 2.24) is 4.67 Å². The molecule has 162 valence electrons. The maximum atomic E-state index is 12.3. The van der Waals surface area contributed by atoms with Gasteiger partial charge in [0.1, 0.15) is 14.0 Å². The Labute approximate surface area is 173 Å². The number of ether oxygens (including phenoxy) is 1. The van der Waals surface area contributed by atoms with Crippen molar-refractivity contribution in [3.63, 3.8) is 0 Å². The molecule has 1 aliphatic heterocycles. The molecule has 0 amide bonds. The van der Waals surface area contributed by atoms with Crippen LogP contribution < -0.4 is 0 Å². The Bertz CT molecular complexity index is 506. The van der Waals surface area contributed by atoms with Gasteiger partial charge in [0, 0.05) is 38.1 Å². The zero-order chi connectivity index (χ0) is 21.3. The van der Waals surface area contributed by atoms with Crippen LogP contribution in [0.2, 0.25) is 0 Å². The van der Waals surface area contributed by atoms with Crippen molar-refractivity contribution in [3.8, 4) is 0 Å². The van der Waals surface area contributed by atoms with Crippen LogP contribution in [0.3, 0.4) is 0 Å². The third-order valence-electron chi connectivity index (χ3n) is 4.28. The lowest BCUT2D eigenvalue weighted by molar-refractivity contribution is -0.0589. The number of hydrogen-bond acceptors (Lipinski definition) is 7. The van der Waals surface area contributed by atoms with Crippen LogP contribution in [-0.4, -0.2) is 63.6 Å². The highest BCUT2D eigenvalue weighted by Crippen LogP contribution is 2.50. The van der Waals surface area contributed by atoms with Crippen LogP contribution in [0, 0.1) is 0 Å². The van der Waals surface area contributed by atoms with Crippen LogP contribution in [0.5, 0.6) is 0 Å². The molecule has 0 aromatic rings. The molecule has 2 radical (unpaired) electrons. The summed E-state index contributed by atoms with van der Waals surface area (Å²) in [6.07, 6.45) is 3.26. The quantitative estimate of drug-likeness (QED) is 0.322. The Morgan fingerprint density at radius 1 is 1.21 bits per heavy atom. The van der Waals surface area contributed by atoms with E-state index < -0.39 is 28.2 Å². The van der Waals surface area contributed by atoms with Gasteiger partial charge in [0.05, 0.1) is 12.7 Å². The summed E-state index contributed by atoms with van der Waals surface area (Å²) in [6.45, 7) is 11.2. The lowest BCUT2D eigenvalue weighted by atomic mass is 9.89. The van der Waals surface area contributed by atoms with E-state index in [4.69, 9.17) is 30.7 Å². The maximum absolute atomic E-state index is 12.3. The summed E-state index contributed by atoms with van der Waals surface area (Å²) in [4.78, 5) is 0. The predicted molar refractivity (Wildman–Crippen MR) is 115 cm³/mol. The molecule has 28 heavy (non-hydrogen) atoms. The van der Waals surface area contributed by atoms with E-state index in [0.29, 0.717) is 13.0 Å². The van der Waals surface area contributed by atoms with Crippen molar-refractivity contribution in [1.29, 1.82) is 0 Å². The fraction of sp³-hybridized carbons (Fsp3) is 0.889. The van der Waals surface area contributed by atoms with E-state index >= 15 is 0 Å². The molecule has 2 unspecified atom stereocenters. The molecule has 0 aromatic carbocycles. The van der Waals surface area contributed by atoms with Gasteiger partial charge in [0.2, 0.25) is 0 Å². The highest BCUT2D eigenvalue weighted by atomic mass is 31.2. The van der Waals surface area contributed by atoms with E-state index in [1.807, 2.05) is 0 Å². The van der Waals surface area contributed by atoms with E-state index in [-0.39, 0.29) is 18.2 Å². The third-order valence-corrected chi connectivity index (χ3v) is 7.99. The molecular weight excluding hydrogens is 399 g/mol. The molecule has 0 saturated carbocycles. The lowest BCUT2D eigenvalue weighted by Crippen LogP contribution is -2.41. The molecule has 0 spiro atoms. The van der Waals surface area contributed by atoms with Gasteiger partial charge >= 0.3 is 7.60 Å². The van der Waals surface area contributed by atoms with Gasteiger partial charge < -0.3 is 22.8 Å². The molecular formula is C18H36BNO6P2. The second kappa shape index (κ2) is 12.8. The minimum absolute atomic E-state index is 0.263. The van der Waals surface area contributed by atoms with Gasteiger partial charge in [-0.3, -0.25) is 4.57 Å². The van der Waals surface area contributed by atoms with Gasteiger partial charge in [0.25, 0.3) is 8.53 Å². The Morgan fingerprint density at radius 2 is 1.82 bits per heavy atom. The average molecular weight is 435 g/mol. The van der Waals surface area contributed by atoms with E-state index in [1.165, 1.54) is 20.0 Å². The van der Waals surface area contributed by atoms with Gasteiger partial charge in [-0.05, 0) is 53.0 Å². The van der Waals surface area contributed by atoms with Gasteiger partial charge in [-0.2, -0.15) is 0 Å². The fourth-order valence-corrected chi connectivity index (χ4v) is 5.55. The summed E-state index contributed by atoms with van der Waals surface area (Å²) in [5.74, 6) is 1.41. The molecule has 4 atom stereocenters. The Kier molecular flexibility index (Phi) is 12.0. The van der Waals surface area contributed by atoms with Crippen LogP contribution >= 0.6 is 16.1 Å². The van der Waals surface area contributed by atoms with Crippen molar-refractivity contribution >= 4 is 24.0 Å². The second-order valence-corrected chi connectivity index (χ2v) is 10.8. The van der Waals surface area contributed by atoms with Crippen LogP contribution in [0.1, 0.15) is 53.9 Å².